The molecule has 0 amide bonds. The Morgan fingerprint density at radius 1 is 1.28 bits per heavy atom. The van der Waals surface area contributed by atoms with Gasteiger partial charge in [-0.3, -0.25) is 9.39 Å². The maximum atomic E-state index is 10.5. The van der Waals surface area contributed by atoms with Gasteiger partial charge in [-0.25, -0.2) is 0 Å². The molecule has 1 fully saturated rings. The largest absolute Gasteiger partial charge is 0.386 e. The third-order valence-corrected chi connectivity index (χ3v) is 5.51. The van der Waals surface area contributed by atoms with Crippen LogP contribution < -0.4 is 5.73 Å². The lowest BCUT2D eigenvalue weighted by Gasteiger charge is -2.19. The third kappa shape index (κ3) is 3.36. The molecule has 1 aliphatic carbocycles. The molecule has 3 aromatic rings. The van der Waals surface area contributed by atoms with E-state index in [9.17, 15) is 5.11 Å². The lowest BCUT2D eigenvalue weighted by Crippen LogP contribution is -2.18. The van der Waals surface area contributed by atoms with Crippen molar-refractivity contribution in [3.8, 4) is 6.07 Å². The first-order valence-corrected chi connectivity index (χ1v) is 9.72. The van der Waals surface area contributed by atoms with Crippen LogP contribution in [-0.4, -0.2) is 32.1 Å². The summed E-state index contributed by atoms with van der Waals surface area (Å²) in [5, 5.41) is 28.0. The average Bonchev–Trinajstić information content (AvgIpc) is 3.39. The van der Waals surface area contributed by atoms with E-state index in [0.717, 1.165) is 35.4 Å². The quantitative estimate of drug-likeness (QED) is 0.383. The van der Waals surface area contributed by atoms with E-state index in [0.29, 0.717) is 24.4 Å². The van der Waals surface area contributed by atoms with Crippen molar-refractivity contribution in [2.45, 2.75) is 44.1 Å². The Morgan fingerprint density at radius 3 is 2.62 bits per heavy atom. The Labute approximate surface area is 169 Å². The van der Waals surface area contributed by atoms with E-state index in [4.69, 9.17) is 11.0 Å². The number of aliphatic imine (C=N–C) groups is 1. The molecule has 0 aliphatic heterocycles. The molecule has 1 aromatic carbocycles. The van der Waals surface area contributed by atoms with Gasteiger partial charge in [-0.15, -0.1) is 10.2 Å². The maximum absolute atomic E-state index is 10.5. The molecule has 1 saturated carbocycles. The van der Waals surface area contributed by atoms with Gasteiger partial charge in [0.05, 0.1) is 30.1 Å². The van der Waals surface area contributed by atoms with E-state index in [2.05, 4.69) is 33.4 Å². The minimum Gasteiger partial charge on any atom is -0.386 e. The van der Waals surface area contributed by atoms with Crippen LogP contribution in [-0.2, 0) is 11.0 Å². The van der Waals surface area contributed by atoms with Crippen LogP contribution in [0.5, 0.6) is 0 Å². The number of hydrogen-bond acceptors (Lipinski definition) is 5. The van der Waals surface area contributed by atoms with E-state index >= 15 is 0 Å². The van der Waals surface area contributed by atoms with E-state index in [1.54, 1.807) is 13.8 Å². The molecule has 3 N–H and O–H groups in total. The summed E-state index contributed by atoms with van der Waals surface area (Å²) in [4.78, 5) is 4.24. The number of aromatic nitrogens is 3. The highest BCUT2D eigenvalue weighted by Crippen LogP contribution is 2.52. The van der Waals surface area contributed by atoms with Crippen LogP contribution in [0.15, 0.2) is 47.6 Å². The van der Waals surface area contributed by atoms with Crippen molar-refractivity contribution in [2.75, 3.05) is 6.54 Å². The molecule has 0 saturated heterocycles. The minimum absolute atomic E-state index is 0.178. The second kappa shape index (κ2) is 6.98. The number of hydrogen-bond donors (Lipinski definition) is 2. The van der Waals surface area contributed by atoms with Gasteiger partial charge in [0.1, 0.15) is 11.7 Å². The lowest BCUT2D eigenvalue weighted by molar-refractivity contribution is 0.0796. The van der Waals surface area contributed by atoms with Crippen LogP contribution >= 0.6 is 0 Å². The van der Waals surface area contributed by atoms with Crippen molar-refractivity contribution >= 4 is 11.5 Å². The van der Waals surface area contributed by atoms with Crippen molar-refractivity contribution in [1.82, 2.24) is 14.6 Å². The van der Waals surface area contributed by atoms with Crippen LogP contribution in [0.3, 0.4) is 0 Å². The van der Waals surface area contributed by atoms with Crippen molar-refractivity contribution in [3.05, 3.63) is 65.1 Å². The predicted molar refractivity (Wildman–Crippen MR) is 111 cm³/mol. The van der Waals surface area contributed by atoms with Crippen LogP contribution in [0.4, 0.5) is 0 Å². The molecule has 0 atom stereocenters. The second-order valence-corrected chi connectivity index (χ2v) is 8.03. The van der Waals surface area contributed by atoms with Crippen molar-refractivity contribution < 1.29 is 5.11 Å². The molecule has 1 aliphatic rings. The Hall–Kier alpha value is -3.24. The smallest absolute Gasteiger partial charge is 0.166 e. The van der Waals surface area contributed by atoms with E-state index in [-0.39, 0.29) is 5.41 Å². The highest BCUT2D eigenvalue weighted by Gasteiger charge is 2.49. The molecular weight excluding hydrogens is 364 g/mol. The molecule has 7 nitrogen and oxygen atoms in total. The molecule has 0 unspecified atom stereocenters. The summed E-state index contributed by atoms with van der Waals surface area (Å²) in [5.74, 6) is 1.33. The van der Waals surface area contributed by atoms with Crippen molar-refractivity contribution in [1.29, 1.82) is 5.26 Å². The number of nitrogens with zero attached hydrogens (tertiary/aromatic N) is 5. The molecule has 0 bridgehead atoms. The van der Waals surface area contributed by atoms with Crippen LogP contribution in [0.25, 0.3) is 5.65 Å². The number of nitrogens with two attached hydrogens (primary N) is 1. The second-order valence-electron chi connectivity index (χ2n) is 8.03. The average molecular weight is 388 g/mol. The monoisotopic (exact) mass is 388 g/mol. The molecule has 7 heteroatoms. The van der Waals surface area contributed by atoms with Gasteiger partial charge in [-0.05, 0) is 38.3 Å². The first-order chi connectivity index (χ1) is 13.9. The van der Waals surface area contributed by atoms with E-state index < -0.39 is 5.60 Å². The molecule has 2 aromatic heterocycles. The third-order valence-electron chi connectivity index (χ3n) is 5.51. The predicted octanol–water partition coefficient (Wildman–Crippen LogP) is 2.66. The molecule has 148 valence electrons. The standard InChI is InChI=1S/C22H24N6O/c1-21(2,29)17-5-3-14-28-19(17)26-27-20(28)22(10-11-22)16-8-6-15(7-9-16)18(24)25-13-4-12-23/h3,5-9,14,29H,4,10-11,13H2,1-2H3,(H2,24,25). The number of fused-ring (bicyclic) bond motifs is 1. The van der Waals surface area contributed by atoms with Gasteiger partial charge in [-0.1, -0.05) is 30.3 Å². The van der Waals surface area contributed by atoms with Gasteiger partial charge >= 0.3 is 0 Å². The SMILES string of the molecule is CC(C)(O)c1cccn2c(C3(c4ccc(C(N)=NCCC#N)cc4)CC3)nnc12. The van der Waals surface area contributed by atoms with Crippen LogP contribution in [0, 0.1) is 11.3 Å². The van der Waals surface area contributed by atoms with Gasteiger partial charge in [0.25, 0.3) is 0 Å². The number of rotatable bonds is 6. The maximum Gasteiger partial charge on any atom is 0.166 e. The highest BCUT2D eigenvalue weighted by atomic mass is 16.3. The van der Waals surface area contributed by atoms with Crippen molar-refractivity contribution in [3.63, 3.8) is 0 Å². The number of pyridine rings is 1. The summed E-state index contributed by atoms with van der Waals surface area (Å²) < 4.78 is 1.99. The number of nitriles is 1. The fourth-order valence-corrected chi connectivity index (χ4v) is 3.76. The highest BCUT2D eigenvalue weighted by molar-refractivity contribution is 5.97. The van der Waals surface area contributed by atoms with E-state index in [1.165, 1.54) is 0 Å². The Morgan fingerprint density at radius 2 is 2.00 bits per heavy atom. The Balaban J connectivity index is 1.69. The first-order valence-electron chi connectivity index (χ1n) is 9.72. The molecular formula is C22H24N6O. The zero-order chi connectivity index (χ0) is 20.6. The fraction of sp³-hybridized carbons (Fsp3) is 0.364. The molecule has 29 heavy (non-hydrogen) atoms. The minimum atomic E-state index is -0.992. The zero-order valence-corrected chi connectivity index (χ0v) is 16.6. The van der Waals surface area contributed by atoms with E-state index in [1.807, 2.05) is 34.9 Å². The molecule has 0 spiro atoms. The van der Waals surface area contributed by atoms with Gasteiger partial charge in [0.15, 0.2) is 5.65 Å². The van der Waals surface area contributed by atoms with Crippen LogP contribution in [0.1, 0.15) is 55.6 Å². The first kappa shape index (κ1) is 19.1. The normalized spacial score (nSPS) is 16.0. The Kier molecular flexibility index (Phi) is 4.59. The molecule has 4 rings (SSSR count). The summed E-state index contributed by atoms with van der Waals surface area (Å²) in [6.45, 7) is 3.92. The lowest BCUT2D eigenvalue weighted by atomic mass is 9.93. The fourth-order valence-electron chi connectivity index (χ4n) is 3.76. The van der Waals surface area contributed by atoms with Gasteiger partial charge in [0, 0.05) is 17.3 Å². The summed E-state index contributed by atoms with van der Waals surface area (Å²) in [7, 11) is 0. The summed E-state index contributed by atoms with van der Waals surface area (Å²) in [6, 6.07) is 13.9. The number of aliphatic hydroxyl groups is 1. The number of benzene rings is 1. The zero-order valence-electron chi connectivity index (χ0n) is 16.6. The van der Waals surface area contributed by atoms with Crippen molar-refractivity contribution in [2.24, 2.45) is 10.7 Å². The van der Waals surface area contributed by atoms with Gasteiger partial charge in [0.2, 0.25) is 0 Å². The van der Waals surface area contributed by atoms with Gasteiger partial charge in [-0.2, -0.15) is 5.26 Å². The van der Waals surface area contributed by atoms with Crippen LogP contribution in [0.2, 0.25) is 0 Å². The number of amidine groups is 1. The summed E-state index contributed by atoms with van der Waals surface area (Å²) in [6.07, 6.45) is 4.29. The Bertz CT molecular complexity index is 1110. The molecule has 2 heterocycles. The summed E-state index contributed by atoms with van der Waals surface area (Å²) in [5.41, 5.74) is 8.31. The molecule has 0 radical (unpaired) electrons. The van der Waals surface area contributed by atoms with Gasteiger partial charge < -0.3 is 10.8 Å². The topological polar surface area (TPSA) is 113 Å². The summed E-state index contributed by atoms with van der Waals surface area (Å²) >= 11 is 0.